The maximum Gasteiger partial charge on any atom is 0.269 e. The highest BCUT2D eigenvalue weighted by molar-refractivity contribution is 7.92. The predicted molar refractivity (Wildman–Crippen MR) is 109 cm³/mol. The third kappa shape index (κ3) is 3.98. The highest BCUT2D eigenvalue weighted by atomic mass is 32.2. The van der Waals surface area contributed by atoms with E-state index < -0.39 is 37.3 Å². The Kier molecular flexibility index (Phi) is 5.18. The molecule has 2 heterocycles. The second kappa shape index (κ2) is 7.57. The zero-order valence-corrected chi connectivity index (χ0v) is 17.8. The number of nitrogens with one attached hydrogen (secondary N) is 2. The molecule has 0 saturated carbocycles. The first-order valence-corrected chi connectivity index (χ1v) is 12.7. The minimum atomic E-state index is -3.99. The second-order valence-corrected chi connectivity index (χ2v) is 11.6. The number of sulfone groups is 2. The van der Waals surface area contributed by atoms with E-state index in [0.29, 0.717) is 6.42 Å². The fourth-order valence-corrected chi connectivity index (χ4v) is 7.31. The van der Waals surface area contributed by atoms with Crippen LogP contribution in [0.3, 0.4) is 0 Å². The molecule has 0 unspecified atom stereocenters. The smallest absolute Gasteiger partial charge is 0.269 e. The fourth-order valence-electron chi connectivity index (χ4n) is 3.77. The molecule has 0 aromatic heterocycles. The van der Waals surface area contributed by atoms with Crippen LogP contribution >= 0.6 is 0 Å². The summed E-state index contributed by atoms with van der Waals surface area (Å²) in [5.74, 6) is -2.09. The molecule has 2 aromatic carbocycles. The van der Waals surface area contributed by atoms with Gasteiger partial charge < -0.3 is 0 Å². The van der Waals surface area contributed by atoms with Crippen LogP contribution in [-0.4, -0.2) is 45.9 Å². The highest BCUT2D eigenvalue weighted by Gasteiger charge is 2.35. The van der Waals surface area contributed by atoms with E-state index in [9.17, 15) is 31.2 Å². The Morgan fingerprint density at radius 3 is 2.35 bits per heavy atom. The van der Waals surface area contributed by atoms with Crippen LogP contribution in [0.2, 0.25) is 0 Å². The normalized spacial score (nSPS) is 20.4. The van der Waals surface area contributed by atoms with Gasteiger partial charge in [0.25, 0.3) is 5.91 Å². The van der Waals surface area contributed by atoms with Gasteiger partial charge in [0.2, 0.25) is 15.7 Å². The number of benzene rings is 2. The Morgan fingerprint density at radius 2 is 1.65 bits per heavy atom. The number of carbonyl (C=O) groups is 3. The number of hydrogen-bond donors (Lipinski definition) is 2. The van der Waals surface area contributed by atoms with E-state index >= 15 is 0 Å². The van der Waals surface area contributed by atoms with Gasteiger partial charge in [-0.05, 0) is 42.7 Å². The van der Waals surface area contributed by atoms with Crippen molar-refractivity contribution in [3.8, 4) is 0 Å². The largest absolute Gasteiger partial charge is 0.289 e. The molecule has 1 saturated heterocycles. The minimum Gasteiger partial charge on any atom is -0.289 e. The van der Waals surface area contributed by atoms with Gasteiger partial charge in [-0.25, -0.2) is 16.8 Å². The lowest BCUT2D eigenvalue weighted by molar-refractivity contribution is -0.122. The number of hydrazine groups is 1. The van der Waals surface area contributed by atoms with Crippen molar-refractivity contribution in [1.29, 1.82) is 0 Å². The van der Waals surface area contributed by atoms with Crippen LogP contribution in [-0.2, 0) is 24.5 Å². The van der Waals surface area contributed by atoms with E-state index in [1.165, 1.54) is 30.3 Å². The number of rotatable bonds is 3. The molecule has 0 radical (unpaired) electrons. The van der Waals surface area contributed by atoms with Crippen molar-refractivity contribution in [3.05, 3.63) is 59.2 Å². The van der Waals surface area contributed by atoms with Crippen molar-refractivity contribution in [3.63, 3.8) is 0 Å². The van der Waals surface area contributed by atoms with E-state index in [2.05, 4.69) is 10.9 Å². The van der Waals surface area contributed by atoms with Crippen molar-refractivity contribution in [2.24, 2.45) is 5.92 Å². The molecule has 2 N–H and O–H groups in total. The molecule has 162 valence electrons. The minimum absolute atomic E-state index is 0.0262. The predicted octanol–water partition coefficient (Wildman–Crippen LogP) is 0.650. The molecular weight excluding hydrogens is 444 g/mol. The summed E-state index contributed by atoms with van der Waals surface area (Å²) in [6.45, 7) is 0. The third-order valence-corrected chi connectivity index (χ3v) is 9.00. The standard InChI is InChI=1S/C20H18N2O7S2/c23-18(9-12-7-8-30(26,27)11-12)21-22-20(25)13-5-6-15-17(10-13)31(28,29)16-4-2-1-3-14(16)19(15)24/h1-6,10,12H,7-9,11H2,(H,21,23)(H,22,25)/t12-/m0/s1. The summed E-state index contributed by atoms with van der Waals surface area (Å²) < 4.78 is 48.8. The highest BCUT2D eigenvalue weighted by Crippen LogP contribution is 2.34. The van der Waals surface area contributed by atoms with Crippen LogP contribution in [0.5, 0.6) is 0 Å². The maximum atomic E-state index is 12.9. The molecule has 0 spiro atoms. The second-order valence-electron chi connectivity index (χ2n) is 7.52. The number of amides is 2. The number of carbonyl (C=O) groups excluding carboxylic acids is 3. The monoisotopic (exact) mass is 462 g/mol. The molecule has 4 rings (SSSR count). The molecule has 2 aliphatic heterocycles. The van der Waals surface area contributed by atoms with Gasteiger partial charge in [0, 0.05) is 23.1 Å². The van der Waals surface area contributed by atoms with Crippen LogP contribution in [0.15, 0.2) is 52.3 Å². The average molecular weight is 463 g/mol. The maximum absolute atomic E-state index is 12.9. The Labute approximate surface area is 178 Å². The van der Waals surface area contributed by atoms with E-state index in [0.717, 1.165) is 6.07 Å². The lowest BCUT2D eigenvalue weighted by Crippen LogP contribution is -2.42. The fraction of sp³-hybridized carbons (Fsp3) is 0.250. The molecule has 31 heavy (non-hydrogen) atoms. The SMILES string of the molecule is O=C(C[C@@H]1CCS(=O)(=O)C1)NNC(=O)c1ccc2c(c1)S(=O)(=O)c1ccccc1C2=O. The number of fused-ring (bicyclic) bond motifs is 2. The van der Waals surface area contributed by atoms with Crippen LogP contribution < -0.4 is 10.9 Å². The van der Waals surface area contributed by atoms with Gasteiger partial charge in [0.15, 0.2) is 15.6 Å². The van der Waals surface area contributed by atoms with Crippen LogP contribution in [0.4, 0.5) is 0 Å². The van der Waals surface area contributed by atoms with Crippen LogP contribution in [0, 0.1) is 5.92 Å². The first-order valence-electron chi connectivity index (χ1n) is 9.41. The quantitative estimate of drug-likeness (QED) is 0.544. The van der Waals surface area contributed by atoms with Gasteiger partial charge in [-0.2, -0.15) is 0 Å². The van der Waals surface area contributed by atoms with Crippen molar-refractivity contribution >= 4 is 37.3 Å². The van der Waals surface area contributed by atoms with Crippen molar-refractivity contribution in [1.82, 2.24) is 10.9 Å². The van der Waals surface area contributed by atoms with Crippen LogP contribution in [0.1, 0.15) is 39.1 Å². The van der Waals surface area contributed by atoms with E-state index in [1.54, 1.807) is 6.07 Å². The van der Waals surface area contributed by atoms with Crippen molar-refractivity contribution < 1.29 is 31.2 Å². The van der Waals surface area contributed by atoms with Gasteiger partial charge in [0.1, 0.15) is 0 Å². The topological polar surface area (TPSA) is 144 Å². The van der Waals surface area contributed by atoms with Crippen molar-refractivity contribution in [2.45, 2.75) is 22.6 Å². The summed E-state index contributed by atoms with van der Waals surface area (Å²) in [6, 6.07) is 9.52. The molecule has 2 amide bonds. The molecule has 2 aromatic rings. The number of ketones is 1. The van der Waals surface area contributed by atoms with Gasteiger partial charge in [0.05, 0.1) is 21.3 Å². The van der Waals surface area contributed by atoms with E-state index in [4.69, 9.17) is 0 Å². The zero-order valence-electron chi connectivity index (χ0n) is 16.1. The van der Waals surface area contributed by atoms with Gasteiger partial charge in [-0.3, -0.25) is 25.2 Å². The summed E-state index contributed by atoms with van der Waals surface area (Å²) in [5, 5.41) is 0. The summed E-state index contributed by atoms with van der Waals surface area (Å²) in [5.41, 5.74) is 4.39. The van der Waals surface area contributed by atoms with Gasteiger partial charge in [-0.1, -0.05) is 12.1 Å². The summed E-state index contributed by atoms with van der Waals surface area (Å²) in [6.07, 6.45) is 0.339. The molecular formula is C20H18N2O7S2. The molecule has 9 nitrogen and oxygen atoms in total. The molecule has 2 aliphatic rings. The molecule has 1 fully saturated rings. The molecule has 1 atom stereocenters. The lowest BCUT2D eigenvalue weighted by Gasteiger charge is -2.19. The average Bonchev–Trinajstić information content (AvgIpc) is 3.08. The first-order chi connectivity index (χ1) is 14.6. The Bertz CT molecular complexity index is 1330. The Hall–Kier alpha value is -3.05. The zero-order chi connectivity index (χ0) is 22.4. The molecule has 0 aliphatic carbocycles. The van der Waals surface area contributed by atoms with E-state index in [1.807, 2.05) is 0 Å². The summed E-state index contributed by atoms with van der Waals surface area (Å²) in [4.78, 5) is 36.7. The Balaban J connectivity index is 1.49. The van der Waals surface area contributed by atoms with E-state index in [-0.39, 0.29) is 50.3 Å². The lowest BCUT2D eigenvalue weighted by atomic mass is 10.0. The van der Waals surface area contributed by atoms with Gasteiger partial charge in [-0.15, -0.1) is 0 Å². The summed E-state index contributed by atoms with van der Waals surface area (Å²) >= 11 is 0. The Morgan fingerprint density at radius 1 is 0.935 bits per heavy atom. The molecule has 0 bridgehead atoms. The third-order valence-electron chi connectivity index (χ3n) is 5.32. The number of hydrogen-bond acceptors (Lipinski definition) is 7. The van der Waals surface area contributed by atoms with Crippen molar-refractivity contribution in [2.75, 3.05) is 11.5 Å². The van der Waals surface area contributed by atoms with Crippen LogP contribution in [0.25, 0.3) is 0 Å². The van der Waals surface area contributed by atoms with Gasteiger partial charge >= 0.3 is 0 Å². The summed E-state index contributed by atoms with van der Waals surface area (Å²) in [7, 11) is -7.11. The molecule has 11 heteroatoms. The first kappa shape index (κ1) is 21.2.